The fraction of sp³-hybridized carbons (Fsp3) is 0.353. The van der Waals surface area contributed by atoms with E-state index in [1.54, 1.807) is 12.1 Å². The number of phenols is 1. The number of nitrogens with one attached hydrogen (secondary N) is 1. The van der Waals surface area contributed by atoms with Crippen molar-refractivity contribution >= 4 is 5.82 Å². The molecule has 1 aromatic heterocycles. The van der Waals surface area contributed by atoms with Crippen molar-refractivity contribution in [2.75, 3.05) is 18.8 Å². The summed E-state index contributed by atoms with van der Waals surface area (Å²) in [6.07, 6.45) is 2.16. The molecule has 116 valence electrons. The fourth-order valence-corrected chi connectivity index (χ4v) is 3.09. The molecule has 3 rings (SSSR count). The zero-order valence-electron chi connectivity index (χ0n) is 12.4. The first-order chi connectivity index (χ1) is 10.7. The van der Waals surface area contributed by atoms with Crippen LogP contribution in [0.1, 0.15) is 29.9 Å². The van der Waals surface area contributed by atoms with Crippen LogP contribution in [0, 0.1) is 0 Å². The monoisotopic (exact) mass is 299 g/mol. The summed E-state index contributed by atoms with van der Waals surface area (Å²) in [6, 6.07) is 9.03. The van der Waals surface area contributed by atoms with Gasteiger partial charge in [0, 0.05) is 17.7 Å². The van der Waals surface area contributed by atoms with Crippen molar-refractivity contribution in [1.82, 2.24) is 10.3 Å². The van der Waals surface area contributed by atoms with Gasteiger partial charge < -0.3 is 21.3 Å². The van der Waals surface area contributed by atoms with Crippen molar-refractivity contribution in [2.45, 2.75) is 25.4 Å². The van der Waals surface area contributed by atoms with Gasteiger partial charge in [-0.25, -0.2) is 4.98 Å². The molecule has 2 aromatic rings. The van der Waals surface area contributed by atoms with E-state index in [1.165, 1.54) is 0 Å². The lowest BCUT2D eigenvalue weighted by atomic mass is 9.88. The van der Waals surface area contributed by atoms with Crippen molar-refractivity contribution in [3.8, 4) is 17.0 Å². The molecule has 5 N–H and O–H groups in total. The van der Waals surface area contributed by atoms with Crippen LogP contribution < -0.4 is 11.1 Å². The van der Waals surface area contributed by atoms with E-state index in [9.17, 15) is 10.2 Å². The first-order valence-electron chi connectivity index (χ1n) is 7.60. The zero-order chi connectivity index (χ0) is 15.5. The molecular weight excluding hydrogens is 278 g/mol. The molecule has 0 amide bonds. The fourth-order valence-electron chi connectivity index (χ4n) is 3.09. The molecule has 1 fully saturated rings. The first kappa shape index (κ1) is 14.8. The molecule has 0 saturated carbocycles. The molecule has 1 unspecified atom stereocenters. The minimum atomic E-state index is -0.119. The van der Waals surface area contributed by atoms with Gasteiger partial charge in [0.2, 0.25) is 0 Å². The van der Waals surface area contributed by atoms with Crippen LogP contribution in [-0.2, 0) is 6.61 Å². The number of hydrogen-bond donors (Lipinski definition) is 4. The number of aliphatic hydroxyl groups is 1. The molecule has 22 heavy (non-hydrogen) atoms. The van der Waals surface area contributed by atoms with Crippen LogP contribution in [0.25, 0.3) is 11.3 Å². The summed E-state index contributed by atoms with van der Waals surface area (Å²) < 4.78 is 0. The van der Waals surface area contributed by atoms with Crippen molar-refractivity contribution in [1.29, 1.82) is 0 Å². The van der Waals surface area contributed by atoms with Gasteiger partial charge in [-0.1, -0.05) is 12.1 Å². The minimum Gasteiger partial charge on any atom is -0.507 e. The summed E-state index contributed by atoms with van der Waals surface area (Å²) in [5.74, 6) is 0.827. The topological polar surface area (TPSA) is 91.4 Å². The Kier molecular flexibility index (Phi) is 4.27. The van der Waals surface area contributed by atoms with Crippen LogP contribution in [0.4, 0.5) is 5.82 Å². The van der Waals surface area contributed by atoms with Crippen LogP contribution in [-0.4, -0.2) is 28.3 Å². The van der Waals surface area contributed by atoms with Crippen LogP contribution in [0.3, 0.4) is 0 Å². The van der Waals surface area contributed by atoms with Crippen LogP contribution >= 0.6 is 0 Å². The number of pyridine rings is 1. The Labute approximate surface area is 129 Å². The number of aromatic nitrogens is 1. The molecule has 1 aromatic carbocycles. The van der Waals surface area contributed by atoms with Gasteiger partial charge in [0.25, 0.3) is 0 Å². The molecule has 1 saturated heterocycles. The predicted molar refractivity (Wildman–Crippen MR) is 86.5 cm³/mol. The lowest BCUT2D eigenvalue weighted by Crippen LogP contribution is -2.29. The normalized spacial score (nSPS) is 18.3. The number of nitrogens with zero attached hydrogens (tertiary/aromatic N) is 1. The largest absolute Gasteiger partial charge is 0.507 e. The highest BCUT2D eigenvalue weighted by Crippen LogP contribution is 2.34. The summed E-state index contributed by atoms with van der Waals surface area (Å²) in [6.45, 7) is 1.78. The van der Waals surface area contributed by atoms with Gasteiger partial charge >= 0.3 is 0 Å². The van der Waals surface area contributed by atoms with E-state index in [0.717, 1.165) is 31.5 Å². The third-order valence-electron chi connectivity index (χ3n) is 4.27. The molecule has 0 spiro atoms. The number of rotatable bonds is 3. The van der Waals surface area contributed by atoms with E-state index in [0.29, 0.717) is 28.6 Å². The maximum Gasteiger partial charge on any atom is 0.129 e. The number of anilines is 1. The quantitative estimate of drug-likeness (QED) is 0.696. The second kappa shape index (κ2) is 6.34. The summed E-state index contributed by atoms with van der Waals surface area (Å²) in [4.78, 5) is 4.37. The first-order valence-corrected chi connectivity index (χ1v) is 7.60. The van der Waals surface area contributed by atoms with Crippen molar-refractivity contribution in [3.63, 3.8) is 0 Å². The highest BCUT2D eigenvalue weighted by Gasteiger charge is 2.21. The van der Waals surface area contributed by atoms with E-state index in [-0.39, 0.29) is 12.4 Å². The van der Waals surface area contributed by atoms with Gasteiger partial charge in [-0.2, -0.15) is 0 Å². The summed E-state index contributed by atoms with van der Waals surface area (Å²) in [5.41, 5.74) is 9.09. The number of nitrogen functional groups attached to an aromatic ring is 1. The van der Waals surface area contributed by atoms with Gasteiger partial charge in [0.05, 0.1) is 12.3 Å². The van der Waals surface area contributed by atoms with Gasteiger partial charge in [-0.05, 0) is 49.1 Å². The number of aliphatic hydroxyl groups excluding tert-OH is 1. The van der Waals surface area contributed by atoms with E-state index >= 15 is 0 Å². The van der Waals surface area contributed by atoms with E-state index < -0.39 is 0 Å². The van der Waals surface area contributed by atoms with Gasteiger partial charge in [0.1, 0.15) is 11.6 Å². The second-order valence-corrected chi connectivity index (χ2v) is 5.68. The molecule has 1 aliphatic rings. The molecule has 5 heteroatoms. The maximum absolute atomic E-state index is 10.0. The Morgan fingerprint density at radius 1 is 1.32 bits per heavy atom. The van der Waals surface area contributed by atoms with Crippen molar-refractivity contribution in [2.24, 2.45) is 0 Å². The number of hydrogen-bond acceptors (Lipinski definition) is 5. The lowest BCUT2D eigenvalue weighted by Gasteiger charge is -2.26. The van der Waals surface area contributed by atoms with Gasteiger partial charge in [-0.3, -0.25) is 0 Å². The summed E-state index contributed by atoms with van der Waals surface area (Å²) in [7, 11) is 0. The summed E-state index contributed by atoms with van der Waals surface area (Å²) >= 11 is 0. The highest BCUT2D eigenvalue weighted by atomic mass is 16.3. The predicted octanol–water partition coefficient (Wildman–Crippen LogP) is 2.00. The number of nitrogens with two attached hydrogens (primary N) is 1. The van der Waals surface area contributed by atoms with E-state index in [4.69, 9.17) is 5.73 Å². The van der Waals surface area contributed by atoms with Crippen LogP contribution in [0.15, 0.2) is 30.3 Å². The molecule has 5 nitrogen and oxygen atoms in total. The van der Waals surface area contributed by atoms with E-state index in [2.05, 4.69) is 10.3 Å². The van der Waals surface area contributed by atoms with Crippen molar-refractivity contribution < 1.29 is 10.2 Å². The lowest BCUT2D eigenvalue weighted by molar-refractivity contribution is 0.279. The highest BCUT2D eigenvalue weighted by molar-refractivity contribution is 5.70. The molecule has 0 radical (unpaired) electrons. The SMILES string of the molecule is Nc1nc(-c2ccccc2O)cc(C2CCCNC2)c1CO. The molecule has 0 aliphatic carbocycles. The zero-order valence-corrected chi connectivity index (χ0v) is 12.4. The second-order valence-electron chi connectivity index (χ2n) is 5.68. The molecule has 2 heterocycles. The average Bonchev–Trinajstić information content (AvgIpc) is 2.55. The maximum atomic E-state index is 10.0. The smallest absolute Gasteiger partial charge is 0.129 e. The number of para-hydroxylation sites is 1. The Balaban J connectivity index is 2.10. The van der Waals surface area contributed by atoms with Gasteiger partial charge in [0.15, 0.2) is 0 Å². The van der Waals surface area contributed by atoms with Crippen LogP contribution in [0.2, 0.25) is 0 Å². The number of piperidine rings is 1. The third-order valence-corrected chi connectivity index (χ3v) is 4.27. The molecule has 0 bridgehead atoms. The number of benzene rings is 1. The minimum absolute atomic E-state index is 0.119. The Morgan fingerprint density at radius 2 is 2.14 bits per heavy atom. The number of aromatic hydroxyl groups is 1. The Morgan fingerprint density at radius 3 is 2.82 bits per heavy atom. The molecular formula is C17H21N3O2. The average molecular weight is 299 g/mol. The molecule has 1 aliphatic heterocycles. The van der Waals surface area contributed by atoms with Gasteiger partial charge in [-0.15, -0.1) is 0 Å². The Hall–Kier alpha value is -2.11. The Bertz CT molecular complexity index is 667. The summed E-state index contributed by atoms with van der Waals surface area (Å²) in [5, 5.41) is 23.1. The van der Waals surface area contributed by atoms with E-state index in [1.807, 2.05) is 18.2 Å². The van der Waals surface area contributed by atoms with Crippen LogP contribution in [0.5, 0.6) is 5.75 Å². The molecule has 1 atom stereocenters. The third kappa shape index (κ3) is 2.77. The standard InChI is InChI=1S/C17H21N3O2/c18-17-14(10-21)13(11-4-3-7-19-9-11)8-15(20-17)12-5-1-2-6-16(12)22/h1-2,5-6,8,11,19,21-22H,3-4,7,9-10H2,(H2,18,20). The van der Waals surface area contributed by atoms with Crippen molar-refractivity contribution in [3.05, 3.63) is 41.5 Å². The number of phenolic OH excluding ortho intramolecular Hbond substituents is 1.